The van der Waals surface area contributed by atoms with Gasteiger partial charge in [0.1, 0.15) is 0 Å². The summed E-state index contributed by atoms with van der Waals surface area (Å²) in [5.41, 5.74) is 0. The molecule has 0 fully saturated rings. The van der Waals surface area contributed by atoms with E-state index in [0.29, 0.717) is 0 Å². The minimum absolute atomic E-state index is 0. The first-order valence-corrected chi connectivity index (χ1v) is 15.5. The fraction of sp³-hybridized carbons (Fsp3) is 0. The van der Waals surface area contributed by atoms with Gasteiger partial charge in [-0.2, -0.15) is 0 Å². The van der Waals surface area contributed by atoms with Crippen molar-refractivity contribution in [3.8, 4) is 0 Å². The number of hydrogen-bond donors (Lipinski definition) is 0. The molecule has 0 atom stereocenters. The van der Waals surface area contributed by atoms with Crippen LogP contribution in [0.25, 0.3) is 0 Å². The van der Waals surface area contributed by atoms with E-state index >= 15 is 0 Å². The van der Waals surface area contributed by atoms with Crippen LogP contribution in [-0.4, -0.2) is 0 Å². The van der Waals surface area contributed by atoms with E-state index in [9.17, 15) is 0 Å². The van der Waals surface area contributed by atoms with Crippen LogP contribution >= 0.6 is 15.8 Å². The van der Waals surface area contributed by atoms with Crippen molar-refractivity contribution in [1.82, 2.24) is 0 Å². The molecule has 0 aliphatic rings. The third kappa shape index (κ3) is 10.3. The first kappa shape index (κ1) is 37.5. The fourth-order valence-electron chi connectivity index (χ4n) is 4.36. The van der Waals surface area contributed by atoms with Crippen LogP contribution in [-0.2, 0) is 31.4 Å². The molecule has 215 valence electrons. The quantitative estimate of drug-likeness (QED) is 0.182. The molecule has 6 heteroatoms. The minimum atomic E-state index is -0.446. The van der Waals surface area contributed by atoms with Gasteiger partial charge in [0, 0.05) is 20.4 Å². The zero-order valence-electron chi connectivity index (χ0n) is 22.8. The second-order valence-corrected chi connectivity index (χ2v) is 13.1. The number of halogens is 1. The number of hydrogen-bond acceptors (Lipinski definition) is 0. The van der Waals surface area contributed by atoms with Gasteiger partial charge >= 0.3 is 0 Å². The molecule has 6 aromatic rings. The second-order valence-electron chi connectivity index (χ2n) is 8.68. The van der Waals surface area contributed by atoms with E-state index in [1.54, 1.807) is 0 Å². The Morgan fingerprint density at radius 2 is 0.357 bits per heavy atom. The summed E-state index contributed by atoms with van der Waals surface area (Å²) >= 11 is 0. The summed E-state index contributed by atoms with van der Waals surface area (Å²) < 4.78 is 0. The zero-order chi connectivity index (χ0) is 25.8. The molecule has 6 rings (SSSR count). The van der Waals surface area contributed by atoms with Gasteiger partial charge in [0.15, 0.2) is 0 Å². The zero-order valence-corrected chi connectivity index (χ0v) is 29.4. The third-order valence-electron chi connectivity index (χ3n) is 6.09. The Kier molecular flexibility index (Phi) is 18.2. The Morgan fingerprint density at radius 3 is 0.476 bits per heavy atom. The normalized spacial score (nSPS) is 9.57. The molecule has 0 saturated heterocycles. The largest absolute Gasteiger partial charge is 2.00 e. The Hall–Kier alpha value is -2.51. The second kappa shape index (κ2) is 20.4. The summed E-state index contributed by atoms with van der Waals surface area (Å²) in [4.78, 5) is 0. The Labute approximate surface area is 283 Å². The van der Waals surface area contributed by atoms with E-state index in [1.165, 1.54) is 31.8 Å². The molecule has 42 heavy (non-hydrogen) atoms. The average molecular weight is 870 g/mol. The van der Waals surface area contributed by atoms with E-state index < -0.39 is 15.8 Å². The third-order valence-corrected chi connectivity index (χ3v) is 11.0. The van der Waals surface area contributed by atoms with Crippen LogP contribution in [0.15, 0.2) is 182 Å². The predicted octanol–water partition coefficient (Wildman–Crippen LogP) is 3.65. The molecule has 0 bridgehead atoms. The summed E-state index contributed by atoms with van der Waals surface area (Å²) in [7, 11) is -0.892. The molecule has 0 amide bonds. The summed E-state index contributed by atoms with van der Waals surface area (Å²) in [6, 6.07) is 64.7. The summed E-state index contributed by atoms with van der Waals surface area (Å²) in [5.74, 6) is 0. The van der Waals surface area contributed by atoms with Crippen molar-refractivity contribution in [2.24, 2.45) is 0 Å². The molecule has 1 radical (unpaired) electrons. The summed E-state index contributed by atoms with van der Waals surface area (Å²) in [6.45, 7) is 0. The van der Waals surface area contributed by atoms with Crippen molar-refractivity contribution in [2.75, 3.05) is 0 Å². The van der Waals surface area contributed by atoms with Crippen LogP contribution in [0.3, 0.4) is 0 Å². The molecule has 0 aliphatic carbocycles. The maximum Gasteiger partial charge on any atom is 0 e. The van der Waals surface area contributed by atoms with Crippen molar-refractivity contribution in [2.45, 2.75) is 0 Å². The van der Waals surface area contributed by atoms with E-state index in [2.05, 4.69) is 182 Å². The smallest absolute Gasteiger partial charge is 0 e. The number of rotatable bonds is 6. The van der Waals surface area contributed by atoms with Gasteiger partial charge in [-0.05, 0) is 47.7 Å². The SMILES string of the molecule is [I-].[O-2].[O-2].[Re].c1ccc(P(c2ccccc2)c2ccccc2)cc1.c1ccc(P(c2ccccc2)c2ccccc2)cc1. The van der Waals surface area contributed by atoms with Crippen LogP contribution in [0.5, 0.6) is 0 Å². The van der Waals surface area contributed by atoms with Gasteiger partial charge in [-0.1, -0.05) is 182 Å². The molecule has 0 N–H and O–H groups in total. The molecule has 2 nitrogen and oxygen atoms in total. The van der Waals surface area contributed by atoms with Crippen LogP contribution in [0, 0.1) is 0 Å². The topological polar surface area (TPSA) is 57.0 Å². The van der Waals surface area contributed by atoms with Gasteiger partial charge in [0.05, 0.1) is 0 Å². The van der Waals surface area contributed by atoms with Crippen molar-refractivity contribution in [3.05, 3.63) is 182 Å². The van der Waals surface area contributed by atoms with Gasteiger partial charge in [-0.3, -0.25) is 0 Å². The van der Waals surface area contributed by atoms with Crippen LogP contribution in [0.1, 0.15) is 0 Å². The van der Waals surface area contributed by atoms with Gasteiger partial charge < -0.3 is 34.9 Å². The first-order chi connectivity index (χ1) is 18.9. The maximum atomic E-state index is 2.23. The molecule has 6 aromatic carbocycles. The molecule has 0 spiro atoms. The Bertz CT molecular complexity index is 1190. The molecule has 0 aromatic heterocycles. The Balaban J connectivity index is 0.000000383. The van der Waals surface area contributed by atoms with Crippen molar-refractivity contribution >= 4 is 47.7 Å². The van der Waals surface area contributed by atoms with E-state index in [0.717, 1.165) is 0 Å². The van der Waals surface area contributed by atoms with Gasteiger partial charge in [-0.15, -0.1) is 0 Å². The monoisotopic (exact) mass is 870 g/mol. The fourth-order valence-corrected chi connectivity index (χ4v) is 8.97. The molecule has 0 unspecified atom stereocenters. The Morgan fingerprint density at radius 1 is 0.238 bits per heavy atom. The van der Waals surface area contributed by atoms with Crippen molar-refractivity contribution in [3.63, 3.8) is 0 Å². The average Bonchev–Trinajstić information content (AvgIpc) is 3.01. The summed E-state index contributed by atoms with van der Waals surface area (Å²) in [5, 5.41) is 8.39. The van der Waals surface area contributed by atoms with Gasteiger partial charge in [0.25, 0.3) is 0 Å². The van der Waals surface area contributed by atoms with E-state index in [-0.39, 0.29) is 55.4 Å². The van der Waals surface area contributed by atoms with Crippen molar-refractivity contribution in [1.29, 1.82) is 0 Å². The van der Waals surface area contributed by atoms with Crippen molar-refractivity contribution < 1.29 is 55.4 Å². The van der Waals surface area contributed by atoms with Crippen LogP contribution < -0.4 is 55.8 Å². The molecule has 0 heterocycles. The van der Waals surface area contributed by atoms with Gasteiger partial charge in [-0.25, -0.2) is 0 Å². The van der Waals surface area contributed by atoms with E-state index in [1.807, 2.05) is 0 Å². The van der Waals surface area contributed by atoms with Crippen LogP contribution in [0.2, 0.25) is 0 Å². The minimum Gasteiger partial charge on any atom is -2.00 e. The molecular weight excluding hydrogens is 839 g/mol. The standard InChI is InChI=1S/2C18H15P.HI.2O.Re/c2*1-4-10-16(11-5-1)19(17-12-6-2-7-13-17)18-14-8-3-9-15-18;;;;/h2*1-15H;1H;;;/q;;;2*-2;/p-1. The molecule has 0 saturated carbocycles. The molecule has 0 aliphatic heterocycles. The number of benzene rings is 6. The maximum absolute atomic E-state index is 2.23. The van der Waals surface area contributed by atoms with Gasteiger partial charge in [0.2, 0.25) is 0 Å². The first-order valence-electron chi connectivity index (χ1n) is 12.8. The molecular formula is C36H30IO2P2Re-5. The van der Waals surface area contributed by atoms with Crippen LogP contribution in [0.4, 0.5) is 0 Å². The van der Waals surface area contributed by atoms with E-state index in [4.69, 9.17) is 0 Å². The summed E-state index contributed by atoms with van der Waals surface area (Å²) in [6.07, 6.45) is 0. The predicted molar refractivity (Wildman–Crippen MR) is 172 cm³/mol.